The average Bonchev–Trinajstić information content (AvgIpc) is 2.85. The molecule has 0 unspecified atom stereocenters. The van der Waals surface area contributed by atoms with Crippen LogP contribution in [0.25, 0.3) is 10.9 Å². The number of benzene rings is 2. The highest BCUT2D eigenvalue weighted by Gasteiger charge is 2.17. The second kappa shape index (κ2) is 11.2. The largest absolute Gasteiger partial charge is 0.504 e. The number of rotatable bonds is 8. The third-order valence-corrected chi connectivity index (χ3v) is 6.65. The summed E-state index contributed by atoms with van der Waals surface area (Å²) in [5.74, 6) is 0.757. The fourth-order valence-electron chi connectivity index (χ4n) is 4.00. The summed E-state index contributed by atoms with van der Waals surface area (Å²) >= 11 is 12.5. The van der Waals surface area contributed by atoms with Crippen LogP contribution in [0.15, 0.2) is 30.5 Å². The number of phenols is 1. The van der Waals surface area contributed by atoms with Gasteiger partial charge in [-0.1, -0.05) is 23.2 Å². The van der Waals surface area contributed by atoms with Gasteiger partial charge in [0.1, 0.15) is 11.8 Å². The highest BCUT2D eigenvalue weighted by molar-refractivity contribution is 6.37. The van der Waals surface area contributed by atoms with Crippen molar-refractivity contribution in [1.29, 1.82) is 5.26 Å². The minimum Gasteiger partial charge on any atom is -0.504 e. The first kappa shape index (κ1) is 25.1. The van der Waals surface area contributed by atoms with Gasteiger partial charge in [0.05, 0.1) is 46.2 Å². The Balaban J connectivity index is 1.53. The van der Waals surface area contributed by atoms with Gasteiger partial charge in [0.2, 0.25) is 0 Å². The number of hydrogen-bond acceptors (Lipinski definition) is 8. The van der Waals surface area contributed by atoms with E-state index in [4.69, 9.17) is 32.7 Å². The van der Waals surface area contributed by atoms with Crippen molar-refractivity contribution in [3.63, 3.8) is 0 Å². The Kier molecular flexibility index (Phi) is 8.04. The quantitative estimate of drug-likeness (QED) is 0.409. The van der Waals surface area contributed by atoms with Crippen molar-refractivity contribution in [3.8, 4) is 23.3 Å². The van der Waals surface area contributed by atoms with Gasteiger partial charge in [0.15, 0.2) is 11.5 Å². The lowest BCUT2D eigenvalue weighted by Gasteiger charge is -2.32. The van der Waals surface area contributed by atoms with Crippen LogP contribution in [0, 0.1) is 11.3 Å². The van der Waals surface area contributed by atoms with Crippen LogP contribution in [-0.4, -0.2) is 73.4 Å². The molecule has 4 rings (SSSR count). The molecular formula is C25H27Cl2N5O3. The number of pyridine rings is 1. The number of nitrogens with one attached hydrogen (secondary N) is 1. The van der Waals surface area contributed by atoms with Gasteiger partial charge in [-0.15, -0.1) is 0 Å². The van der Waals surface area contributed by atoms with Crippen LogP contribution >= 0.6 is 23.2 Å². The molecule has 0 radical (unpaired) electrons. The molecule has 0 bridgehead atoms. The second-order valence-electron chi connectivity index (χ2n) is 8.43. The highest BCUT2D eigenvalue weighted by atomic mass is 35.5. The number of hydrogen-bond donors (Lipinski definition) is 2. The fourth-order valence-corrected chi connectivity index (χ4v) is 4.51. The van der Waals surface area contributed by atoms with Crippen LogP contribution in [0.2, 0.25) is 10.0 Å². The van der Waals surface area contributed by atoms with Gasteiger partial charge in [-0.2, -0.15) is 5.26 Å². The molecule has 0 atom stereocenters. The number of methoxy groups -OCH3 is 1. The molecular weight excluding hydrogens is 489 g/mol. The predicted molar refractivity (Wildman–Crippen MR) is 138 cm³/mol. The minimum absolute atomic E-state index is 0.0307. The average molecular weight is 516 g/mol. The molecule has 2 N–H and O–H groups in total. The lowest BCUT2D eigenvalue weighted by atomic mass is 10.1. The van der Waals surface area contributed by atoms with E-state index < -0.39 is 0 Å². The van der Waals surface area contributed by atoms with E-state index in [-0.39, 0.29) is 5.75 Å². The van der Waals surface area contributed by atoms with Crippen LogP contribution in [0.4, 0.5) is 11.4 Å². The van der Waals surface area contributed by atoms with Crippen molar-refractivity contribution in [2.75, 3.05) is 58.8 Å². The molecule has 8 nitrogen and oxygen atoms in total. The van der Waals surface area contributed by atoms with E-state index in [2.05, 4.69) is 33.2 Å². The topological polar surface area (TPSA) is 93.9 Å². The van der Waals surface area contributed by atoms with Crippen molar-refractivity contribution in [1.82, 2.24) is 14.8 Å². The van der Waals surface area contributed by atoms with Crippen LogP contribution in [0.5, 0.6) is 17.2 Å². The number of nitrogens with zero attached hydrogens (tertiary/aromatic N) is 4. The summed E-state index contributed by atoms with van der Waals surface area (Å²) in [5, 5.41) is 24.8. The molecule has 0 aliphatic carbocycles. The first-order chi connectivity index (χ1) is 16.9. The van der Waals surface area contributed by atoms with Gasteiger partial charge in [-0.25, -0.2) is 0 Å². The Morgan fingerprint density at radius 2 is 1.89 bits per heavy atom. The summed E-state index contributed by atoms with van der Waals surface area (Å²) in [6.07, 6.45) is 2.33. The number of anilines is 2. The maximum Gasteiger partial charge on any atom is 0.163 e. The van der Waals surface area contributed by atoms with Crippen LogP contribution in [0.1, 0.15) is 12.0 Å². The number of ether oxygens (including phenoxy) is 2. The maximum atomic E-state index is 10.7. The van der Waals surface area contributed by atoms with Gasteiger partial charge in [0.25, 0.3) is 0 Å². The van der Waals surface area contributed by atoms with E-state index >= 15 is 0 Å². The Bertz CT molecular complexity index is 1260. The predicted octanol–water partition coefficient (Wildman–Crippen LogP) is 4.89. The molecule has 1 aliphatic rings. The minimum atomic E-state index is -0.0307. The molecule has 2 heterocycles. The smallest absolute Gasteiger partial charge is 0.163 e. The molecule has 1 aromatic heterocycles. The summed E-state index contributed by atoms with van der Waals surface area (Å²) in [6.45, 7) is 5.70. The number of phenolic OH excluding ortho intramolecular Hbond substituents is 1. The highest BCUT2D eigenvalue weighted by Crippen LogP contribution is 2.40. The number of halogens is 2. The number of likely N-dealkylation sites (N-methyl/N-ethyl adjacent to an activating group) is 1. The standard InChI is InChI=1S/C25H27Cl2N5O3/c1-31-5-7-32(8-6-31)4-3-9-35-24-12-20-17(10-22(24)33)25(16(14-28)15-29-20)30-21-13-23(34-2)19(27)11-18(21)26/h10-13,15,33H,3-9H2,1-2H3,(H,29,30). The molecule has 0 saturated carbocycles. The van der Waals surface area contributed by atoms with E-state index in [1.54, 1.807) is 24.3 Å². The van der Waals surface area contributed by atoms with Crippen molar-refractivity contribution < 1.29 is 14.6 Å². The Morgan fingerprint density at radius 3 is 2.60 bits per heavy atom. The first-order valence-electron chi connectivity index (χ1n) is 11.3. The van der Waals surface area contributed by atoms with Crippen LogP contribution in [0.3, 0.4) is 0 Å². The molecule has 1 aliphatic heterocycles. The lowest BCUT2D eigenvalue weighted by Crippen LogP contribution is -2.44. The summed E-state index contributed by atoms with van der Waals surface area (Å²) < 4.78 is 11.1. The van der Waals surface area contributed by atoms with Crippen molar-refractivity contribution >= 4 is 45.5 Å². The molecule has 1 saturated heterocycles. The monoisotopic (exact) mass is 515 g/mol. The molecule has 0 amide bonds. The van der Waals surface area contributed by atoms with Crippen molar-refractivity contribution in [2.24, 2.45) is 0 Å². The number of aromatic hydroxyl groups is 1. The summed E-state index contributed by atoms with van der Waals surface area (Å²) in [7, 11) is 3.64. The second-order valence-corrected chi connectivity index (χ2v) is 9.25. The van der Waals surface area contributed by atoms with E-state index in [9.17, 15) is 10.4 Å². The summed E-state index contributed by atoms with van der Waals surface area (Å²) in [4.78, 5) is 9.13. The van der Waals surface area contributed by atoms with Crippen LogP contribution < -0.4 is 14.8 Å². The normalized spacial score (nSPS) is 14.6. The van der Waals surface area contributed by atoms with Crippen LogP contribution in [-0.2, 0) is 0 Å². The van der Waals surface area contributed by atoms with Gasteiger partial charge >= 0.3 is 0 Å². The zero-order valence-electron chi connectivity index (χ0n) is 19.6. The van der Waals surface area contributed by atoms with E-state index in [0.29, 0.717) is 56.0 Å². The molecule has 3 aromatic rings. The van der Waals surface area contributed by atoms with Gasteiger partial charge in [-0.3, -0.25) is 4.98 Å². The lowest BCUT2D eigenvalue weighted by molar-refractivity contribution is 0.145. The fraction of sp³-hybridized carbons (Fsp3) is 0.360. The molecule has 1 fully saturated rings. The molecule has 2 aromatic carbocycles. The SMILES string of the molecule is COc1cc(Nc2c(C#N)cnc3cc(OCCCN4CCN(C)CC4)c(O)cc23)c(Cl)cc1Cl. The van der Waals surface area contributed by atoms with E-state index in [1.165, 1.54) is 13.3 Å². The number of aromatic nitrogens is 1. The molecule has 184 valence electrons. The molecule has 35 heavy (non-hydrogen) atoms. The zero-order valence-corrected chi connectivity index (χ0v) is 21.2. The van der Waals surface area contributed by atoms with Gasteiger partial charge < -0.3 is 29.7 Å². The van der Waals surface area contributed by atoms with E-state index in [0.717, 1.165) is 39.1 Å². The Labute approximate surface area is 214 Å². The first-order valence-corrected chi connectivity index (χ1v) is 12.0. The summed E-state index contributed by atoms with van der Waals surface area (Å²) in [6, 6.07) is 8.56. The number of nitriles is 1. The zero-order chi connectivity index (χ0) is 24.9. The third kappa shape index (κ3) is 5.82. The van der Waals surface area contributed by atoms with E-state index in [1.807, 2.05) is 0 Å². The number of piperazine rings is 1. The summed E-state index contributed by atoms with van der Waals surface area (Å²) in [5.41, 5.74) is 1.82. The van der Waals surface area contributed by atoms with Crippen molar-refractivity contribution in [3.05, 3.63) is 46.1 Å². The van der Waals surface area contributed by atoms with Gasteiger partial charge in [0, 0.05) is 56.4 Å². The molecule has 10 heteroatoms. The maximum absolute atomic E-state index is 10.7. The Hall–Kier alpha value is -2.96. The van der Waals surface area contributed by atoms with Gasteiger partial charge in [-0.05, 0) is 25.6 Å². The van der Waals surface area contributed by atoms with Crippen molar-refractivity contribution in [2.45, 2.75) is 6.42 Å². The third-order valence-electron chi connectivity index (χ3n) is 6.04. The Morgan fingerprint density at radius 1 is 1.11 bits per heavy atom. The number of fused-ring (bicyclic) bond motifs is 1. The molecule has 0 spiro atoms.